The lowest BCUT2D eigenvalue weighted by Crippen LogP contribution is -2.28. The number of alkyl halides is 2. The molecule has 0 fully saturated rings. The molecular formula is C21H21F2N3O4S2. The monoisotopic (exact) mass is 481 g/mol. The van der Waals surface area contributed by atoms with E-state index >= 15 is 0 Å². The topological polar surface area (TPSA) is 97.4 Å². The number of para-hydroxylation sites is 1. The number of carbonyl (C=O) groups is 1. The molecule has 3 rings (SSSR count). The van der Waals surface area contributed by atoms with Gasteiger partial charge >= 0.3 is 6.61 Å². The maximum absolute atomic E-state index is 12.6. The lowest BCUT2D eigenvalue weighted by atomic mass is 10.1. The Morgan fingerprint density at radius 1 is 1.16 bits per heavy atom. The average Bonchev–Trinajstić information content (AvgIpc) is 3.18. The van der Waals surface area contributed by atoms with Gasteiger partial charge in [-0.2, -0.15) is 8.78 Å². The highest BCUT2D eigenvalue weighted by molar-refractivity contribution is 7.89. The van der Waals surface area contributed by atoms with Gasteiger partial charge in [-0.25, -0.2) is 18.1 Å². The third kappa shape index (κ3) is 6.09. The number of nitrogens with zero attached hydrogens (tertiary/aromatic N) is 1. The molecule has 2 N–H and O–H groups in total. The quantitative estimate of drug-likeness (QED) is 0.474. The molecule has 7 nitrogen and oxygen atoms in total. The van der Waals surface area contributed by atoms with Crippen LogP contribution >= 0.6 is 11.3 Å². The minimum Gasteiger partial charge on any atom is -0.434 e. The SMILES string of the molecule is Cc1ccc(S(=O)(=O)NCCC(=O)Nc2nc(-c3ccccc3OC(F)F)cs2)cc1C. The highest BCUT2D eigenvalue weighted by Gasteiger charge is 2.16. The molecule has 1 heterocycles. The van der Waals surface area contributed by atoms with Crippen LogP contribution in [-0.2, 0) is 14.8 Å². The Hall–Kier alpha value is -2.89. The van der Waals surface area contributed by atoms with Gasteiger partial charge < -0.3 is 10.1 Å². The van der Waals surface area contributed by atoms with Crippen molar-refractivity contribution in [1.29, 1.82) is 0 Å². The molecule has 0 saturated heterocycles. The third-order valence-corrected chi connectivity index (χ3v) is 6.78. The number of ether oxygens (including phenoxy) is 1. The molecule has 1 aromatic heterocycles. The summed E-state index contributed by atoms with van der Waals surface area (Å²) < 4.78 is 56.9. The molecule has 1 amide bonds. The Morgan fingerprint density at radius 2 is 1.91 bits per heavy atom. The van der Waals surface area contributed by atoms with Gasteiger partial charge in [-0.05, 0) is 49.2 Å². The maximum Gasteiger partial charge on any atom is 0.387 e. The summed E-state index contributed by atoms with van der Waals surface area (Å²) in [5.41, 5.74) is 2.57. The second-order valence-corrected chi connectivity index (χ2v) is 9.48. The molecule has 0 atom stereocenters. The largest absolute Gasteiger partial charge is 0.434 e. The van der Waals surface area contributed by atoms with E-state index in [-0.39, 0.29) is 28.7 Å². The predicted octanol–water partition coefficient (Wildman–Crippen LogP) is 4.34. The van der Waals surface area contributed by atoms with E-state index in [2.05, 4.69) is 19.8 Å². The molecule has 0 aliphatic heterocycles. The van der Waals surface area contributed by atoms with Crippen LogP contribution < -0.4 is 14.8 Å². The summed E-state index contributed by atoms with van der Waals surface area (Å²) in [5, 5.41) is 4.44. The van der Waals surface area contributed by atoms with Gasteiger partial charge in [0, 0.05) is 23.9 Å². The molecule has 11 heteroatoms. The predicted molar refractivity (Wildman–Crippen MR) is 119 cm³/mol. The highest BCUT2D eigenvalue weighted by Crippen LogP contribution is 2.33. The first-order valence-corrected chi connectivity index (χ1v) is 11.9. The van der Waals surface area contributed by atoms with Gasteiger partial charge in [0.1, 0.15) is 5.75 Å². The number of rotatable bonds is 9. The molecule has 0 radical (unpaired) electrons. The van der Waals surface area contributed by atoms with Gasteiger partial charge in [-0.1, -0.05) is 18.2 Å². The molecule has 0 unspecified atom stereocenters. The van der Waals surface area contributed by atoms with E-state index in [0.717, 1.165) is 22.5 Å². The van der Waals surface area contributed by atoms with Crippen molar-refractivity contribution in [2.75, 3.05) is 11.9 Å². The molecule has 170 valence electrons. The second kappa shape index (κ2) is 10.2. The fraction of sp³-hybridized carbons (Fsp3) is 0.238. The van der Waals surface area contributed by atoms with Gasteiger partial charge in [0.15, 0.2) is 5.13 Å². The van der Waals surface area contributed by atoms with E-state index in [9.17, 15) is 22.0 Å². The Kier molecular flexibility index (Phi) is 7.54. The van der Waals surface area contributed by atoms with Gasteiger partial charge in [-0.15, -0.1) is 11.3 Å². The molecule has 0 saturated carbocycles. The van der Waals surface area contributed by atoms with Crippen LogP contribution in [0.5, 0.6) is 5.75 Å². The number of hydrogen-bond acceptors (Lipinski definition) is 6. The Labute approximate surface area is 188 Å². The maximum atomic E-state index is 12.6. The number of carbonyl (C=O) groups excluding carboxylic acids is 1. The Balaban J connectivity index is 1.57. The van der Waals surface area contributed by atoms with Gasteiger partial charge in [0.2, 0.25) is 15.9 Å². The number of hydrogen-bond donors (Lipinski definition) is 2. The summed E-state index contributed by atoms with van der Waals surface area (Å²) in [6, 6.07) is 11.0. The van der Waals surface area contributed by atoms with E-state index in [1.54, 1.807) is 35.7 Å². The average molecular weight is 482 g/mol. The van der Waals surface area contributed by atoms with Crippen molar-refractivity contribution in [1.82, 2.24) is 9.71 Å². The number of halogens is 2. The molecule has 0 bridgehead atoms. The van der Waals surface area contributed by atoms with Crippen molar-refractivity contribution >= 4 is 32.4 Å². The van der Waals surface area contributed by atoms with Gasteiger partial charge in [-0.3, -0.25) is 4.79 Å². The van der Waals surface area contributed by atoms with Crippen LogP contribution in [-0.4, -0.2) is 32.5 Å². The van der Waals surface area contributed by atoms with E-state index in [1.165, 1.54) is 12.1 Å². The van der Waals surface area contributed by atoms with Crippen LogP contribution in [0.2, 0.25) is 0 Å². The number of benzene rings is 2. The van der Waals surface area contributed by atoms with Crippen molar-refractivity contribution in [2.24, 2.45) is 0 Å². The molecule has 2 aromatic carbocycles. The first-order valence-electron chi connectivity index (χ1n) is 9.52. The lowest BCUT2D eigenvalue weighted by Gasteiger charge is -2.09. The van der Waals surface area contributed by atoms with Crippen LogP contribution in [0.15, 0.2) is 52.7 Å². The summed E-state index contributed by atoms with van der Waals surface area (Å²) in [5.74, 6) is -0.461. The standard InChI is InChI=1S/C21H21F2N3O4S2/c1-13-7-8-15(11-14(13)2)32(28,29)24-10-9-19(27)26-21-25-17(12-31-21)16-5-3-4-6-18(16)30-20(22)23/h3-8,11-12,20,24H,9-10H2,1-2H3,(H,25,26,27). The number of sulfonamides is 1. The van der Waals surface area contributed by atoms with Crippen LogP contribution in [0.1, 0.15) is 17.5 Å². The van der Waals surface area contributed by atoms with Crippen molar-refractivity contribution in [2.45, 2.75) is 31.8 Å². The van der Waals surface area contributed by atoms with Crippen LogP contribution in [0.4, 0.5) is 13.9 Å². The first kappa shape index (κ1) is 23.8. The third-order valence-electron chi connectivity index (χ3n) is 4.56. The molecule has 3 aromatic rings. The zero-order valence-electron chi connectivity index (χ0n) is 17.3. The molecule has 0 aliphatic carbocycles. The zero-order chi connectivity index (χ0) is 23.3. The van der Waals surface area contributed by atoms with E-state index < -0.39 is 22.5 Å². The fourth-order valence-electron chi connectivity index (χ4n) is 2.78. The molecular weight excluding hydrogens is 460 g/mol. The number of aryl methyl sites for hydroxylation is 2. The summed E-state index contributed by atoms with van der Waals surface area (Å²) in [7, 11) is -3.73. The van der Waals surface area contributed by atoms with Crippen molar-refractivity contribution in [3.63, 3.8) is 0 Å². The van der Waals surface area contributed by atoms with Gasteiger partial charge in [0.25, 0.3) is 0 Å². The molecule has 32 heavy (non-hydrogen) atoms. The van der Waals surface area contributed by atoms with Crippen LogP contribution in [0.3, 0.4) is 0 Å². The van der Waals surface area contributed by atoms with Crippen LogP contribution in [0.25, 0.3) is 11.3 Å². The summed E-state index contributed by atoms with van der Waals surface area (Å²) in [4.78, 5) is 16.6. The highest BCUT2D eigenvalue weighted by atomic mass is 32.2. The summed E-state index contributed by atoms with van der Waals surface area (Å²) in [6.07, 6.45) is -0.107. The van der Waals surface area contributed by atoms with E-state index in [4.69, 9.17) is 0 Å². The second-order valence-electron chi connectivity index (χ2n) is 6.85. The number of aromatic nitrogens is 1. The Bertz CT molecular complexity index is 1210. The minimum absolute atomic E-state index is 0.0218. The zero-order valence-corrected chi connectivity index (χ0v) is 18.9. The van der Waals surface area contributed by atoms with E-state index in [1.807, 2.05) is 13.8 Å². The smallest absolute Gasteiger partial charge is 0.387 e. The first-order chi connectivity index (χ1) is 15.2. The minimum atomic E-state index is -3.73. The number of amides is 1. The summed E-state index contributed by atoms with van der Waals surface area (Å²) >= 11 is 1.11. The van der Waals surface area contributed by atoms with Gasteiger partial charge in [0.05, 0.1) is 10.6 Å². The Morgan fingerprint density at radius 3 is 2.62 bits per heavy atom. The molecule has 0 spiro atoms. The molecule has 0 aliphatic rings. The normalized spacial score (nSPS) is 11.5. The van der Waals surface area contributed by atoms with Crippen LogP contribution in [0, 0.1) is 13.8 Å². The fourth-order valence-corrected chi connectivity index (χ4v) is 4.62. The van der Waals surface area contributed by atoms with Crippen molar-refractivity contribution in [3.8, 4) is 17.0 Å². The van der Waals surface area contributed by atoms with E-state index in [0.29, 0.717) is 11.3 Å². The lowest BCUT2D eigenvalue weighted by molar-refractivity contribution is -0.116. The van der Waals surface area contributed by atoms with Crippen molar-refractivity contribution < 1.29 is 26.7 Å². The number of nitrogens with one attached hydrogen (secondary N) is 2. The number of thiazole rings is 1. The summed E-state index contributed by atoms with van der Waals surface area (Å²) in [6.45, 7) is 0.645. The van der Waals surface area contributed by atoms with Crippen molar-refractivity contribution in [3.05, 3.63) is 59.0 Å². The number of anilines is 1.